The zero-order valence-corrected chi connectivity index (χ0v) is 32.7. The van der Waals surface area contributed by atoms with Gasteiger partial charge in [0.2, 0.25) is 0 Å². The fourth-order valence-electron chi connectivity index (χ4n) is 4.88. The zero-order chi connectivity index (χ0) is 47.1. The van der Waals surface area contributed by atoms with Gasteiger partial charge in [-0.3, -0.25) is 14.5 Å². The molecule has 62 heavy (non-hydrogen) atoms. The smallest absolute Gasteiger partial charge is 0.335 e. The number of aliphatic hydroxyl groups excluding tert-OH is 2. The molecule has 0 aromatic heterocycles. The Kier molecular flexibility index (Phi) is 18.4. The summed E-state index contributed by atoms with van der Waals surface area (Å²) in [6.45, 7) is 1.92. The van der Waals surface area contributed by atoms with Crippen molar-refractivity contribution < 1.29 is 105 Å². The van der Waals surface area contributed by atoms with Crippen LogP contribution in [0, 0.1) is 0 Å². The third-order valence-electron chi connectivity index (χ3n) is 8.19. The van der Waals surface area contributed by atoms with Gasteiger partial charge in [-0.15, -0.1) is 0 Å². The van der Waals surface area contributed by atoms with Gasteiger partial charge < -0.3 is 86.1 Å². The van der Waals surface area contributed by atoms with Crippen LogP contribution in [0.2, 0.25) is 0 Å². The molecule has 15 N–H and O–H groups in total. The molecule has 0 aliphatic heterocycles. The van der Waals surface area contributed by atoms with Crippen LogP contribution in [0.25, 0.3) is 6.08 Å². The third-order valence-corrected chi connectivity index (χ3v) is 8.19. The second-order valence-electron chi connectivity index (χ2n) is 13.4. The van der Waals surface area contributed by atoms with E-state index in [4.69, 9.17) is 35.0 Å². The minimum Gasteiger partial charge on any atom is -0.504 e. The number of Topliss-reactive ketones (excluding diaryl/α,β-unsaturated/α-hetero) is 1. The quantitative estimate of drug-likeness (QED) is 0.0190. The molecule has 4 aromatic rings. The van der Waals surface area contributed by atoms with Crippen LogP contribution in [0.3, 0.4) is 0 Å². The van der Waals surface area contributed by atoms with Gasteiger partial charge in [-0.05, 0) is 85.1 Å². The molecule has 0 saturated carbocycles. The molecule has 3 atom stereocenters. The number of carbonyl (C=O) groups is 4. The highest BCUT2D eigenvalue weighted by atomic mass is 16.5. The van der Waals surface area contributed by atoms with E-state index < -0.39 is 94.5 Å². The van der Waals surface area contributed by atoms with Crippen LogP contribution < -0.4 is 0 Å². The molecule has 0 amide bonds. The van der Waals surface area contributed by atoms with Gasteiger partial charge in [0.1, 0.15) is 19.4 Å². The van der Waals surface area contributed by atoms with E-state index >= 15 is 0 Å². The molecule has 0 saturated heterocycles. The van der Waals surface area contributed by atoms with E-state index in [0.717, 1.165) is 25.1 Å². The van der Waals surface area contributed by atoms with Crippen molar-refractivity contribution in [3.8, 4) is 63.2 Å². The lowest BCUT2D eigenvalue weighted by Gasteiger charge is -2.24. The summed E-state index contributed by atoms with van der Waals surface area (Å²) in [4.78, 5) is 45.0. The molecule has 336 valence electrons. The highest BCUT2D eigenvalue weighted by Crippen LogP contribution is 2.38. The number of hydrogen-bond donors (Lipinski definition) is 15. The predicted molar refractivity (Wildman–Crippen MR) is 210 cm³/mol. The first kappa shape index (κ1) is 50.5. The normalized spacial score (nSPS) is 12.7. The Bertz CT molecular complexity index is 2110. The zero-order valence-electron chi connectivity index (χ0n) is 32.7. The lowest BCUT2D eigenvalue weighted by Crippen LogP contribution is -2.43. The summed E-state index contributed by atoms with van der Waals surface area (Å²) >= 11 is 0. The third kappa shape index (κ3) is 15.5. The van der Waals surface area contributed by atoms with Gasteiger partial charge in [-0.1, -0.05) is 6.07 Å². The van der Waals surface area contributed by atoms with Crippen molar-refractivity contribution in [2.45, 2.75) is 51.2 Å². The van der Waals surface area contributed by atoms with Crippen molar-refractivity contribution in [2.75, 3.05) is 13.3 Å². The second-order valence-corrected chi connectivity index (χ2v) is 13.4. The average Bonchev–Trinajstić information content (AvgIpc) is 3.19. The maximum absolute atomic E-state index is 11.5. The van der Waals surface area contributed by atoms with Gasteiger partial charge in [0.15, 0.2) is 74.6 Å². The number of benzene rings is 4. The van der Waals surface area contributed by atoms with E-state index in [0.29, 0.717) is 16.7 Å². The Labute approximate surface area is 350 Å². The number of aliphatic carboxylic acids is 1. The van der Waals surface area contributed by atoms with Gasteiger partial charge in [0.05, 0.1) is 6.10 Å². The van der Waals surface area contributed by atoms with Gasteiger partial charge >= 0.3 is 11.9 Å². The minimum atomic E-state index is -2.23. The maximum Gasteiger partial charge on any atom is 0.335 e. The Balaban J connectivity index is 0.000000340. The van der Waals surface area contributed by atoms with Crippen molar-refractivity contribution in [1.82, 2.24) is 4.90 Å². The molecule has 0 bridgehead atoms. The lowest BCUT2D eigenvalue weighted by molar-refractivity contribution is -0.163. The Morgan fingerprint density at radius 1 is 0.677 bits per heavy atom. The number of carboxylic acid groups (broad SMARTS) is 1. The van der Waals surface area contributed by atoms with Gasteiger partial charge in [0.25, 0.3) is 6.47 Å². The molecule has 4 rings (SSSR count). The van der Waals surface area contributed by atoms with Crippen molar-refractivity contribution in [3.05, 3.63) is 82.9 Å². The van der Waals surface area contributed by atoms with E-state index in [1.807, 2.05) is 0 Å². The predicted octanol–water partition coefficient (Wildman–Crippen LogP) is 1.66. The fourth-order valence-corrected chi connectivity index (χ4v) is 4.88. The first-order chi connectivity index (χ1) is 28.9. The molecular weight excluding hydrogens is 830 g/mol. The van der Waals surface area contributed by atoms with Crippen molar-refractivity contribution in [2.24, 2.45) is 0 Å². The largest absolute Gasteiger partial charge is 0.504 e. The fraction of sp³-hybridized carbons (Fsp3) is 0.250. The SMILES string of the molecule is CC(=O)c1cc(O)c(O)c(O)c1.CC(O)(CC(O)C(O)COC(=O)/C=C/c1ccc(O)c(O)c1)C(=O)O.O=COCN(Cc1cc(O)c(O)c(O)c1)Cc1cc(O)c(O)c(O)c1. The number of nitrogens with zero attached hydrogens (tertiary/aromatic N) is 1. The number of carbonyl (C=O) groups excluding carboxylic acids is 3. The summed E-state index contributed by atoms with van der Waals surface area (Å²) in [5.41, 5.74) is -0.845. The first-order valence-electron chi connectivity index (χ1n) is 17.6. The lowest BCUT2D eigenvalue weighted by atomic mass is 9.96. The van der Waals surface area contributed by atoms with E-state index in [1.165, 1.54) is 55.5 Å². The van der Waals surface area contributed by atoms with E-state index in [2.05, 4.69) is 0 Å². The molecule has 0 radical (unpaired) electrons. The number of ketones is 1. The molecule has 22 heteroatoms. The summed E-state index contributed by atoms with van der Waals surface area (Å²) in [7, 11) is 0. The highest BCUT2D eigenvalue weighted by Gasteiger charge is 2.35. The highest BCUT2D eigenvalue weighted by molar-refractivity contribution is 5.95. The Morgan fingerprint density at radius 3 is 1.53 bits per heavy atom. The van der Waals surface area contributed by atoms with Crippen LogP contribution in [0.5, 0.6) is 63.2 Å². The van der Waals surface area contributed by atoms with Crippen LogP contribution in [-0.2, 0) is 36.9 Å². The number of phenols is 11. The molecule has 4 aromatic carbocycles. The number of carboxylic acids is 1. The topological polar surface area (TPSA) is 393 Å². The minimum absolute atomic E-state index is 0.0949. The number of rotatable bonds is 16. The molecule has 0 aliphatic rings. The van der Waals surface area contributed by atoms with Crippen LogP contribution in [-0.4, -0.2) is 137 Å². The molecule has 0 aliphatic carbocycles. The number of aromatic hydroxyl groups is 11. The molecule has 3 unspecified atom stereocenters. The van der Waals surface area contributed by atoms with E-state index in [9.17, 15) is 70.2 Å². The second kappa shape index (κ2) is 22.6. The summed E-state index contributed by atoms with van der Waals surface area (Å²) in [6.07, 6.45) is -1.56. The van der Waals surface area contributed by atoms with Crippen LogP contribution in [0.15, 0.2) is 60.7 Å². The molecule has 0 spiro atoms. The van der Waals surface area contributed by atoms with Gasteiger partial charge in [-0.2, -0.15) is 0 Å². The van der Waals surface area contributed by atoms with Gasteiger partial charge in [0, 0.05) is 31.1 Å². The average molecular weight is 876 g/mol. The summed E-state index contributed by atoms with van der Waals surface area (Å²) < 4.78 is 9.40. The maximum atomic E-state index is 11.5. The van der Waals surface area contributed by atoms with E-state index in [-0.39, 0.29) is 49.1 Å². The van der Waals surface area contributed by atoms with Crippen LogP contribution >= 0.6 is 0 Å². The molecule has 0 fully saturated rings. The molecular formula is C40H45NO21. The molecule has 0 heterocycles. The number of hydrogen-bond acceptors (Lipinski definition) is 21. The number of ether oxygens (including phenoxy) is 2. The number of phenolic OH excluding ortho intramolecular Hbond substituents is 11. The van der Waals surface area contributed by atoms with Crippen LogP contribution in [0.4, 0.5) is 0 Å². The van der Waals surface area contributed by atoms with Crippen molar-refractivity contribution in [3.63, 3.8) is 0 Å². The monoisotopic (exact) mass is 875 g/mol. The first-order valence-corrected chi connectivity index (χ1v) is 17.6. The summed E-state index contributed by atoms with van der Waals surface area (Å²) in [5.74, 6) is -8.32. The number of aliphatic hydroxyl groups is 3. The summed E-state index contributed by atoms with van der Waals surface area (Å²) in [5, 5.41) is 140. The Morgan fingerprint density at radius 2 is 1.13 bits per heavy atom. The summed E-state index contributed by atoms with van der Waals surface area (Å²) in [6, 6.07) is 11.0. The standard InChI is InChI=1S/C16H17NO8.C16H20O9.C8H8O4/c18-8-25-7-17(5-9-1-11(19)15(23)12(20)2-9)6-10-3-13(21)16(24)14(22)4-10;1-16(24,15(22)23)7-12(19)13(20)8-25-14(21)5-3-9-2-4-10(17)11(18)6-9;1-4(9)5-2-6(10)8(12)7(11)3-5/h1-4,8,19-24H,5-7H2;2-6,12-13,17-20,24H,7-8H2,1H3,(H,22,23);2-3,10-12H,1H3/b;5-3+;. The van der Waals surface area contributed by atoms with Gasteiger partial charge in [-0.25, -0.2) is 9.59 Å². The van der Waals surface area contributed by atoms with E-state index in [1.54, 1.807) is 4.90 Å². The molecule has 22 nitrogen and oxygen atoms in total. The van der Waals surface area contributed by atoms with Crippen LogP contribution in [0.1, 0.15) is 47.3 Å². The Hall–Kier alpha value is -7.66. The van der Waals surface area contributed by atoms with Crippen molar-refractivity contribution >= 4 is 30.3 Å². The van der Waals surface area contributed by atoms with Crippen molar-refractivity contribution in [1.29, 1.82) is 0 Å². The number of esters is 1.